The van der Waals surface area contributed by atoms with Crippen LogP contribution in [0.5, 0.6) is 17.2 Å². The van der Waals surface area contributed by atoms with Gasteiger partial charge < -0.3 is 28.8 Å². The summed E-state index contributed by atoms with van der Waals surface area (Å²) < 4.78 is 23.4. The first-order valence-corrected chi connectivity index (χ1v) is 17.7. The van der Waals surface area contributed by atoms with Gasteiger partial charge >= 0.3 is 5.97 Å². The number of aromatic nitrogens is 1. The molecule has 1 atom stereocenters. The van der Waals surface area contributed by atoms with Crippen molar-refractivity contribution >= 4 is 57.2 Å². The molecule has 0 aliphatic rings. The van der Waals surface area contributed by atoms with Crippen molar-refractivity contribution in [2.24, 2.45) is 0 Å². The third-order valence-corrected chi connectivity index (χ3v) is 8.80. The minimum absolute atomic E-state index is 0.0215. The molecule has 0 spiro atoms. The van der Waals surface area contributed by atoms with Crippen molar-refractivity contribution in [3.63, 3.8) is 0 Å². The topological polar surface area (TPSA) is 196 Å². The lowest BCUT2D eigenvalue weighted by molar-refractivity contribution is -0.491. The zero-order valence-electron chi connectivity index (χ0n) is 27.2. The second-order valence-electron chi connectivity index (χ2n) is 10.4. The first-order valence-electron chi connectivity index (χ1n) is 15.4. The summed E-state index contributed by atoms with van der Waals surface area (Å²) in [6.45, 7) is 0.0158. The van der Waals surface area contributed by atoms with Gasteiger partial charge in [-0.05, 0) is 30.3 Å². The van der Waals surface area contributed by atoms with Gasteiger partial charge in [-0.25, -0.2) is 9.68 Å². The van der Waals surface area contributed by atoms with Gasteiger partial charge in [-0.2, -0.15) is 0 Å². The molecule has 1 amide bonds. The van der Waals surface area contributed by atoms with Crippen molar-refractivity contribution in [2.45, 2.75) is 6.10 Å². The Bertz CT molecular complexity index is 1640. The molecule has 18 heteroatoms. The summed E-state index contributed by atoms with van der Waals surface area (Å²) >= 11 is 2.38. The number of carbonyl (C=O) groups excluding carboxylic acids is 2. The van der Waals surface area contributed by atoms with Crippen LogP contribution >= 0.6 is 23.5 Å². The van der Waals surface area contributed by atoms with Crippen LogP contribution < -0.4 is 14.2 Å². The highest BCUT2D eigenvalue weighted by Gasteiger charge is 2.24. The van der Waals surface area contributed by atoms with Crippen LogP contribution in [0.4, 0.5) is 0 Å². The number of ether oxygens (including phenoxy) is 4. The number of para-hydroxylation sites is 3. The average molecular weight is 737 g/mol. The SMILES string of the molecule is COc1ccccc1OCCN(CC(COc1cccc2[nH]c3ccccc3c12)OC(=O)CSCCON(O)O)C(=O)CSCCON(O)O. The molecule has 4 aromatic rings. The van der Waals surface area contributed by atoms with E-state index in [0.29, 0.717) is 17.2 Å². The van der Waals surface area contributed by atoms with E-state index in [9.17, 15) is 9.59 Å². The van der Waals surface area contributed by atoms with E-state index in [-0.39, 0.29) is 68.4 Å². The Morgan fingerprint density at radius 2 is 1.40 bits per heavy atom. The Morgan fingerprint density at radius 1 is 0.760 bits per heavy atom. The molecule has 1 heterocycles. The molecule has 0 radical (unpaired) electrons. The summed E-state index contributed by atoms with van der Waals surface area (Å²) in [6, 6.07) is 20.5. The molecular weight excluding hydrogens is 697 g/mol. The maximum absolute atomic E-state index is 13.5. The van der Waals surface area contributed by atoms with Crippen LogP contribution in [0, 0.1) is 0 Å². The Hall–Kier alpha value is -3.82. The summed E-state index contributed by atoms with van der Waals surface area (Å²) in [6.07, 6.45) is -0.897. The molecule has 5 N–H and O–H groups in total. The summed E-state index contributed by atoms with van der Waals surface area (Å²) in [5, 5.41) is 36.0. The van der Waals surface area contributed by atoms with Crippen LogP contribution in [0.1, 0.15) is 0 Å². The highest BCUT2D eigenvalue weighted by Crippen LogP contribution is 2.33. The molecule has 0 bridgehead atoms. The summed E-state index contributed by atoms with van der Waals surface area (Å²) in [4.78, 5) is 40.5. The van der Waals surface area contributed by atoms with E-state index < -0.39 is 22.9 Å². The lowest BCUT2D eigenvalue weighted by Crippen LogP contribution is -2.44. The Balaban J connectivity index is 1.49. The largest absolute Gasteiger partial charge is 0.493 e. The van der Waals surface area contributed by atoms with Gasteiger partial charge in [-0.15, -0.1) is 23.5 Å². The van der Waals surface area contributed by atoms with Crippen LogP contribution in [0.2, 0.25) is 0 Å². The number of H-pyrrole nitrogens is 1. The molecule has 0 fully saturated rings. The molecule has 272 valence electrons. The van der Waals surface area contributed by atoms with Gasteiger partial charge in [0.05, 0.1) is 61.2 Å². The maximum atomic E-state index is 13.5. The van der Waals surface area contributed by atoms with E-state index in [1.165, 1.54) is 23.8 Å². The Labute approximate surface area is 296 Å². The van der Waals surface area contributed by atoms with E-state index >= 15 is 0 Å². The van der Waals surface area contributed by atoms with Crippen molar-refractivity contribution in [1.29, 1.82) is 0 Å². The lowest BCUT2D eigenvalue weighted by Gasteiger charge is -2.28. The second kappa shape index (κ2) is 20.8. The number of thioether (sulfide) groups is 2. The number of hydrogen-bond donors (Lipinski definition) is 5. The third kappa shape index (κ3) is 12.5. The Morgan fingerprint density at radius 3 is 2.12 bits per heavy atom. The zero-order chi connectivity index (χ0) is 35.7. The zero-order valence-corrected chi connectivity index (χ0v) is 28.8. The van der Waals surface area contributed by atoms with Crippen LogP contribution in [0.15, 0.2) is 66.7 Å². The van der Waals surface area contributed by atoms with Crippen molar-refractivity contribution in [3.8, 4) is 17.2 Å². The highest BCUT2D eigenvalue weighted by atomic mass is 32.2. The van der Waals surface area contributed by atoms with Gasteiger partial charge in [0.25, 0.3) is 0 Å². The standard InChI is InChI=1S/C32H40N4O12S2/c1-43-27-10-4-5-11-28(27)44-14-13-34(30(37)21-49-17-15-46-35(39)40)19-23(48-31(38)22-50-18-16-47-36(41)42)20-45-29-12-6-9-26-32(29)24-7-2-3-8-25(24)33-26/h2-12,23,33,39-42H,13-22H2,1H3. The third-order valence-electron chi connectivity index (χ3n) is 6.99. The number of esters is 1. The average Bonchev–Trinajstić information content (AvgIpc) is 3.49. The van der Waals surface area contributed by atoms with E-state index in [4.69, 9.17) is 39.8 Å². The highest BCUT2D eigenvalue weighted by molar-refractivity contribution is 8.00. The quantitative estimate of drug-likeness (QED) is 0.0416. The number of fused-ring (bicyclic) bond motifs is 3. The molecular formula is C32H40N4O12S2. The number of aromatic amines is 1. The molecule has 4 rings (SSSR count). The predicted molar refractivity (Wildman–Crippen MR) is 184 cm³/mol. The predicted octanol–water partition coefficient (Wildman–Crippen LogP) is 4.02. The van der Waals surface area contributed by atoms with E-state index in [0.717, 1.165) is 33.6 Å². The number of nitrogens with zero attached hydrogens (tertiary/aromatic N) is 3. The van der Waals surface area contributed by atoms with Gasteiger partial charge in [0.15, 0.2) is 17.6 Å². The fourth-order valence-corrected chi connectivity index (χ4v) is 6.11. The van der Waals surface area contributed by atoms with Gasteiger partial charge in [-0.1, -0.05) is 36.4 Å². The number of rotatable bonds is 23. The number of methoxy groups -OCH3 is 1. The molecule has 50 heavy (non-hydrogen) atoms. The van der Waals surface area contributed by atoms with Crippen LogP contribution in [0.25, 0.3) is 21.8 Å². The molecule has 0 aliphatic carbocycles. The first-order chi connectivity index (χ1) is 24.2. The minimum Gasteiger partial charge on any atom is -0.493 e. The summed E-state index contributed by atoms with van der Waals surface area (Å²) in [7, 11) is 1.53. The minimum atomic E-state index is -0.897. The molecule has 1 unspecified atom stereocenters. The fraction of sp³-hybridized carbons (Fsp3) is 0.375. The molecule has 0 saturated heterocycles. The van der Waals surface area contributed by atoms with Crippen molar-refractivity contribution < 1.29 is 59.0 Å². The molecule has 1 aromatic heterocycles. The Kier molecular flexibility index (Phi) is 16.2. The summed E-state index contributed by atoms with van der Waals surface area (Å²) in [5.74, 6) is 1.26. The number of carbonyl (C=O) groups is 2. The smallest absolute Gasteiger partial charge is 0.316 e. The monoisotopic (exact) mass is 736 g/mol. The number of amides is 1. The van der Waals surface area contributed by atoms with Crippen LogP contribution in [-0.4, -0.2) is 129 Å². The van der Waals surface area contributed by atoms with Gasteiger partial charge in [0, 0.05) is 27.8 Å². The van der Waals surface area contributed by atoms with Gasteiger partial charge in [-0.3, -0.25) is 30.4 Å². The van der Waals surface area contributed by atoms with E-state index in [2.05, 4.69) is 14.7 Å². The number of hydrogen-bond acceptors (Lipinski definition) is 16. The normalized spacial score (nSPS) is 12.1. The van der Waals surface area contributed by atoms with Gasteiger partial charge in [0.1, 0.15) is 19.0 Å². The van der Waals surface area contributed by atoms with Gasteiger partial charge in [0.2, 0.25) is 5.91 Å². The van der Waals surface area contributed by atoms with Crippen molar-refractivity contribution in [3.05, 3.63) is 66.7 Å². The number of benzene rings is 3. The fourth-order valence-electron chi connectivity index (χ4n) is 4.84. The van der Waals surface area contributed by atoms with Crippen LogP contribution in [-0.2, 0) is 24.0 Å². The molecule has 3 aromatic carbocycles. The number of nitrogens with one attached hydrogen (secondary N) is 1. The van der Waals surface area contributed by atoms with E-state index in [1.54, 1.807) is 18.2 Å². The van der Waals surface area contributed by atoms with Crippen LogP contribution in [0.3, 0.4) is 0 Å². The first kappa shape index (κ1) is 39.0. The summed E-state index contributed by atoms with van der Waals surface area (Å²) in [5.41, 5.74) is 1.81. The maximum Gasteiger partial charge on any atom is 0.316 e. The van der Waals surface area contributed by atoms with Crippen molar-refractivity contribution in [1.82, 2.24) is 20.7 Å². The lowest BCUT2D eigenvalue weighted by atomic mass is 10.1. The second-order valence-corrected chi connectivity index (χ2v) is 12.6. The van der Waals surface area contributed by atoms with Crippen molar-refractivity contribution in [2.75, 3.05) is 69.6 Å². The molecule has 0 saturated carbocycles. The molecule has 0 aliphatic heterocycles. The molecule has 16 nitrogen and oxygen atoms in total. The van der Waals surface area contributed by atoms with E-state index in [1.807, 2.05) is 48.5 Å².